The van der Waals surface area contributed by atoms with E-state index in [2.05, 4.69) is 20.5 Å². The number of allylic oxidation sites excluding steroid dienone is 1. The molecule has 0 spiro atoms. The van der Waals surface area contributed by atoms with E-state index in [1.165, 1.54) is 6.33 Å². The molecule has 1 aliphatic heterocycles. The van der Waals surface area contributed by atoms with E-state index >= 15 is 0 Å². The highest BCUT2D eigenvalue weighted by Crippen LogP contribution is 2.36. The molecule has 0 aromatic carbocycles. The molecule has 8 heteroatoms. The quantitative estimate of drug-likeness (QED) is 0.857. The Hall–Kier alpha value is -2.64. The standard InChI is InChI=1S/C14H18N6O2/c1-5-22-13(21)11-9(3)17-14-15-7-16-20(14)12(11)10-6-19(4)18-8(10)2/h6-7,12H,5H2,1-4H3,(H,15,16,17). The predicted octanol–water partition coefficient (Wildman–Crippen LogP) is 1.17. The normalized spacial score (nSPS) is 17.2. The number of rotatable bonds is 3. The van der Waals surface area contributed by atoms with Gasteiger partial charge in [-0.15, -0.1) is 0 Å². The lowest BCUT2D eigenvalue weighted by Gasteiger charge is -2.27. The summed E-state index contributed by atoms with van der Waals surface area (Å²) in [4.78, 5) is 16.6. The van der Waals surface area contributed by atoms with Crippen molar-refractivity contribution < 1.29 is 9.53 Å². The second-order valence-corrected chi connectivity index (χ2v) is 5.16. The van der Waals surface area contributed by atoms with E-state index in [9.17, 15) is 4.79 Å². The number of hydrogen-bond acceptors (Lipinski definition) is 6. The fraction of sp³-hybridized carbons (Fsp3) is 0.429. The van der Waals surface area contributed by atoms with E-state index in [1.807, 2.05) is 27.1 Å². The summed E-state index contributed by atoms with van der Waals surface area (Å²) in [5.41, 5.74) is 2.98. The lowest BCUT2D eigenvalue weighted by Crippen LogP contribution is -2.29. The Bertz CT molecular complexity index is 757. The van der Waals surface area contributed by atoms with E-state index < -0.39 is 6.04 Å². The van der Waals surface area contributed by atoms with Crippen molar-refractivity contribution in [1.29, 1.82) is 0 Å². The molecule has 1 N–H and O–H groups in total. The number of carbonyl (C=O) groups excluding carboxylic acids is 1. The van der Waals surface area contributed by atoms with Crippen molar-refractivity contribution in [3.63, 3.8) is 0 Å². The van der Waals surface area contributed by atoms with Crippen LogP contribution in [0.15, 0.2) is 23.8 Å². The molecular weight excluding hydrogens is 284 g/mol. The average molecular weight is 302 g/mol. The number of fused-ring (bicyclic) bond motifs is 1. The molecule has 0 fully saturated rings. The Morgan fingerprint density at radius 2 is 2.23 bits per heavy atom. The van der Waals surface area contributed by atoms with E-state index in [0.29, 0.717) is 23.8 Å². The van der Waals surface area contributed by atoms with Gasteiger partial charge in [0.05, 0.1) is 17.9 Å². The zero-order chi connectivity index (χ0) is 15.9. The average Bonchev–Trinajstić information content (AvgIpc) is 3.03. The van der Waals surface area contributed by atoms with Gasteiger partial charge in [0, 0.05) is 24.5 Å². The summed E-state index contributed by atoms with van der Waals surface area (Å²) in [6, 6.07) is -0.397. The van der Waals surface area contributed by atoms with Crippen LogP contribution in [0.25, 0.3) is 0 Å². The molecule has 2 aromatic heterocycles. The molecule has 0 saturated carbocycles. The zero-order valence-electron chi connectivity index (χ0n) is 13.0. The Balaban J connectivity index is 2.17. The van der Waals surface area contributed by atoms with Gasteiger partial charge in [0.25, 0.3) is 0 Å². The number of nitrogens with zero attached hydrogens (tertiary/aromatic N) is 5. The van der Waals surface area contributed by atoms with Crippen molar-refractivity contribution >= 4 is 11.9 Å². The summed E-state index contributed by atoms with van der Waals surface area (Å²) in [6.07, 6.45) is 3.35. The van der Waals surface area contributed by atoms with Gasteiger partial charge in [-0.1, -0.05) is 0 Å². The van der Waals surface area contributed by atoms with Gasteiger partial charge < -0.3 is 10.1 Å². The summed E-state index contributed by atoms with van der Waals surface area (Å²) >= 11 is 0. The minimum absolute atomic E-state index is 0.318. The predicted molar refractivity (Wildman–Crippen MR) is 79.1 cm³/mol. The molecule has 8 nitrogen and oxygen atoms in total. The largest absolute Gasteiger partial charge is 0.463 e. The van der Waals surface area contributed by atoms with E-state index in [0.717, 1.165) is 11.3 Å². The molecule has 0 saturated heterocycles. The summed E-state index contributed by atoms with van der Waals surface area (Å²) < 4.78 is 8.62. The maximum Gasteiger partial charge on any atom is 0.338 e. The van der Waals surface area contributed by atoms with Gasteiger partial charge in [-0.3, -0.25) is 4.68 Å². The highest BCUT2D eigenvalue weighted by molar-refractivity contribution is 5.92. The molecule has 22 heavy (non-hydrogen) atoms. The van der Waals surface area contributed by atoms with E-state index in [4.69, 9.17) is 4.74 Å². The van der Waals surface area contributed by atoms with Crippen LogP contribution >= 0.6 is 0 Å². The third-order valence-corrected chi connectivity index (χ3v) is 3.64. The Labute approximate surface area is 127 Å². The van der Waals surface area contributed by atoms with Crippen LogP contribution in [0.5, 0.6) is 0 Å². The maximum absolute atomic E-state index is 12.4. The number of ether oxygens (including phenoxy) is 1. The number of anilines is 1. The van der Waals surface area contributed by atoms with E-state index in [1.54, 1.807) is 16.3 Å². The molecule has 0 radical (unpaired) electrons. The van der Waals surface area contributed by atoms with Gasteiger partial charge in [-0.25, -0.2) is 9.48 Å². The van der Waals surface area contributed by atoms with Gasteiger partial charge in [-0.05, 0) is 20.8 Å². The molecule has 3 heterocycles. The second kappa shape index (κ2) is 5.28. The van der Waals surface area contributed by atoms with Crippen molar-refractivity contribution in [2.24, 2.45) is 7.05 Å². The molecule has 3 rings (SSSR count). The number of nitrogens with one attached hydrogen (secondary N) is 1. The first-order valence-electron chi connectivity index (χ1n) is 7.07. The SMILES string of the molecule is CCOC(=O)C1=C(C)Nc2ncnn2C1c1cn(C)nc1C. The lowest BCUT2D eigenvalue weighted by atomic mass is 9.96. The topological polar surface area (TPSA) is 86.9 Å². The van der Waals surface area contributed by atoms with Gasteiger partial charge in [0.1, 0.15) is 12.4 Å². The molecule has 1 atom stereocenters. The molecule has 0 bridgehead atoms. The number of carbonyl (C=O) groups is 1. The van der Waals surface area contributed by atoms with Crippen LogP contribution in [0.4, 0.5) is 5.95 Å². The third-order valence-electron chi connectivity index (χ3n) is 3.64. The number of aromatic nitrogens is 5. The molecule has 116 valence electrons. The monoisotopic (exact) mass is 302 g/mol. The highest BCUT2D eigenvalue weighted by Gasteiger charge is 2.35. The number of esters is 1. The Morgan fingerprint density at radius 3 is 2.86 bits per heavy atom. The number of hydrogen-bond donors (Lipinski definition) is 1. The number of aryl methyl sites for hydroxylation is 2. The van der Waals surface area contributed by atoms with Crippen molar-refractivity contribution in [1.82, 2.24) is 24.5 Å². The van der Waals surface area contributed by atoms with Gasteiger partial charge in [0.2, 0.25) is 5.95 Å². The van der Waals surface area contributed by atoms with E-state index in [-0.39, 0.29) is 5.97 Å². The first-order valence-corrected chi connectivity index (χ1v) is 7.07. The minimum atomic E-state index is -0.397. The van der Waals surface area contributed by atoms with Crippen LogP contribution in [0.2, 0.25) is 0 Å². The molecule has 0 amide bonds. The van der Waals surface area contributed by atoms with Gasteiger partial charge in [-0.2, -0.15) is 15.2 Å². The van der Waals surface area contributed by atoms with Crippen LogP contribution in [-0.2, 0) is 16.6 Å². The molecule has 0 aliphatic carbocycles. The van der Waals surface area contributed by atoms with Crippen LogP contribution < -0.4 is 5.32 Å². The summed E-state index contributed by atoms with van der Waals surface area (Å²) in [7, 11) is 1.85. The highest BCUT2D eigenvalue weighted by atomic mass is 16.5. The Kier molecular flexibility index (Phi) is 3.44. The first-order chi connectivity index (χ1) is 10.5. The van der Waals surface area contributed by atoms with Crippen molar-refractivity contribution in [3.8, 4) is 0 Å². The molecule has 2 aromatic rings. The first kappa shape index (κ1) is 14.3. The fourth-order valence-electron chi connectivity index (χ4n) is 2.74. The van der Waals surface area contributed by atoms with Crippen LogP contribution in [0.3, 0.4) is 0 Å². The third kappa shape index (κ3) is 2.16. The molecule has 1 aliphatic rings. The lowest BCUT2D eigenvalue weighted by molar-refractivity contribution is -0.139. The Morgan fingerprint density at radius 1 is 1.45 bits per heavy atom. The maximum atomic E-state index is 12.4. The smallest absolute Gasteiger partial charge is 0.338 e. The van der Waals surface area contributed by atoms with Crippen molar-refractivity contribution in [2.75, 3.05) is 11.9 Å². The van der Waals surface area contributed by atoms with Crippen LogP contribution in [-0.4, -0.2) is 37.1 Å². The van der Waals surface area contributed by atoms with Gasteiger partial charge >= 0.3 is 5.97 Å². The van der Waals surface area contributed by atoms with Gasteiger partial charge in [0.15, 0.2) is 0 Å². The summed E-state index contributed by atoms with van der Waals surface area (Å²) in [6.45, 7) is 5.85. The molecule has 1 unspecified atom stereocenters. The minimum Gasteiger partial charge on any atom is -0.463 e. The molecular formula is C14H18N6O2. The summed E-state index contributed by atoms with van der Waals surface area (Å²) in [5, 5.41) is 11.7. The van der Waals surface area contributed by atoms with Crippen LogP contribution in [0.1, 0.15) is 31.1 Å². The zero-order valence-corrected chi connectivity index (χ0v) is 13.0. The van der Waals surface area contributed by atoms with Crippen molar-refractivity contribution in [2.45, 2.75) is 26.8 Å². The van der Waals surface area contributed by atoms with Crippen molar-refractivity contribution in [3.05, 3.63) is 35.1 Å². The summed E-state index contributed by atoms with van der Waals surface area (Å²) in [5.74, 6) is 0.237. The second-order valence-electron chi connectivity index (χ2n) is 5.16. The van der Waals surface area contributed by atoms with Crippen LogP contribution in [0, 0.1) is 6.92 Å². The fourth-order valence-corrected chi connectivity index (χ4v) is 2.74.